The zero-order valence-electron chi connectivity index (χ0n) is 15.2. The highest BCUT2D eigenvalue weighted by atomic mass is 79.9. The number of hydrogen-bond acceptors (Lipinski definition) is 3. The van der Waals surface area contributed by atoms with Crippen LogP contribution >= 0.6 is 28.1 Å². The van der Waals surface area contributed by atoms with Gasteiger partial charge in [-0.05, 0) is 61.1 Å². The first-order valence-electron chi connectivity index (χ1n) is 8.81. The van der Waals surface area contributed by atoms with Gasteiger partial charge in [-0.2, -0.15) is 0 Å². The van der Waals surface area contributed by atoms with Crippen LogP contribution in [-0.2, 0) is 16.1 Å². The molecule has 2 amide bonds. The van der Waals surface area contributed by atoms with Gasteiger partial charge >= 0.3 is 0 Å². The van der Waals surface area contributed by atoms with Crippen LogP contribution in [-0.4, -0.2) is 39.3 Å². The second-order valence-corrected chi connectivity index (χ2v) is 7.68. The SMILES string of the molecule is CCN1C(=O)C(CC(=O)Nc2ccc(Br)cc2)N(Cc2ccc(F)cc2)C1=S. The van der Waals surface area contributed by atoms with E-state index in [9.17, 15) is 14.0 Å². The molecule has 1 unspecified atom stereocenters. The lowest BCUT2D eigenvalue weighted by atomic mass is 10.1. The summed E-state index contributed by atoms with van der Waals surface area (Å²) in [4.78, 5) is 28.5. The minimum absolute atomic E-state index is 0.0211. The minimum Gasteiger partial charge on any atom is -0.332 e. The van der Waals surface area contributed by atoms with E-state index in [-0.39, 0.29) is 24.1 Å². The molecule has 5 nitrogen and oxygen atoms in total. The fraction of sp³-hybridized carbons (Fsp3) is 0.250. The first-order valence-corrected chi connectivity index (χ1v) is 10.0. The summed E-state index contributed by atoms with van der Waals surface area (Å²) in [6.07, 6.45) is -0.0211. The lowest BCUT2D eigenvalue weighted by Crippen LogP contribution is -2.37. The third-order valence-corrected chi connectivity index (χ3v) is 5.48. The predicted molar refractivity (Wildman–Crippen MR) is 113 cm³/mol. The molecule has 0 aromatic heterocycles. The molecular weight excluding hydrogens is 445 g/mol. The van der Waals surface area contributed by atoms with E-state index in [1.54, 1.807) is 29.2 Å². The average Bonchev–Trinajstić information content (AvgIpc) is 2.89. The highest BCUT2D eigenvalue weighted by Gasteiger charge is 2.42. The Hall–Kier alpha value is -2.32. The molecule has 1 N–H and O–H groups in total. The third-order valence-electron chi connectivity index (χ3n) is 4.49. The van der Waals surface area contributed by atoms with Crippen molar-refractivity contribution in [3.63, 3.8) is 0 Å². The van der Waals surface area contributed by atoms with Gasteiger partial charge in [0.15, 0.2) is 5.11 Å². The van der Waals surface area contributed by atoms with Crippen molar-refractivity contribution in [2.24, 2.45) is 0 Å². The van der Waals surface area contributed by atoms with Gasteiger partial charge in [-0.25, -0.2) is 4.39 Å². The van der Waals surface area contributed by atoms with Crippen molar-refractivity contribution in [1.29, 1.82) is 0 Å². The van der Waals surface area contributed by atoms with E-state index < -0.39 is 6.04 Å². The van der Waals surface area contributed by atoms with E-state index in [0.717, 1.165) is 10.0 Å². The van der Waals surface area contributed by atoms with Gasteiger partial charge in [-0.1, -0.05) is 28.1 Å². The Morgan fingerprint density at radius 1 is 1.18 bits per heavy atom. The Morgan fingerprint density at radius 3 is 2.43 bits per heavy atom. The molecule has 1 aliphatic rings. The first kappa shape index (κ1) is 20.4. The van der Waals surface area contributed by atoms with Crippen molar-refractivity contribution >= 4 is 50.8 Å². The summed E-state index contributed by atoms with van der Waals surface area (Å²) in [5.74, 6) is -0.796. The van der Waals surface area contributed by atoms with E-state index in [1.165, 1.54) is 17.0 Å². The number of halogens is 2. The summed E-state index contributed by atoms with van der Waals surface area (Å²) in [5.41, 5.74) is 1.46. The van der Waals surface area contributed by atoms with Gasteiger partial charge in [-0.15, -0.1) is 0 Å². The number of carbonyl (C=O) groups excluding carboxylic acids is 2. The fourth-order valence-corrected chi connectivity index (χ4v) is 3.74. The standard InChI is InChI=1S/C20H19BrFN3O2S/c1-2-24-19(27)17(11-18(26)23-16-9-5-14(21)6-10-16)25(20(24)28)12-13-3-7-15(22)8-4-13/h3-10,17H,2,11-12H2,1H3,(H,23,26). The number of nitrogens with one attached hydrogen (secondary N) is 1. The van der Waals surface area contributed by atoms with Gasteiger partial charge in [0.1, 0.15) is 11.9 Å². The first-order chi connectivity index (χ1) is 13.4. The van der Waals surface area contributed by atoms with Crippen LogP contribution in [0.25, 0.3) is 0 Å². The smallest absolute Gasteiger partial charge is 0.252 e. The topological polar surface area (TPSA) is 52.7 Å². The van der Waals surface area contributed by atoms with Crippen LogP contribution in [0.4, 0.5) is 10.1 Å². The number of nitrogens with zero attached hydrogens (tertiary/aromatic N) is 2. The maximum Gasteiger partial charge on any atom is 0.252 e. The number of amides is 2. The van der Waals surface area contributed by atoms with Crippen LogP contribution < -0.4 is 5.32 Å². The van der Waals surface area contributed by atoms with Crippen molar-refractivity contribution < 1.29 is 14.0 Å². The number of likely N-dealkylation sites (N-methyl/N-ethyl adjacent to an activating group) is 1. The molecule has 2 aromatic rings. The molecule has 1 heterocycles. The van der Waals surface area contributed by atoms with Gasteiger partial charge in [0, 0.05) is 23.2 Å². The summed E-state index contributed by atoms with van der Waals surface area (Å²) < 4.78 is 14.1. The molecule has 0 spiro atoms. The zero-order valence-corrected chi connectivity index (χ0v) is 17.6. The molecule has 28 heavy (non-hydrogen) atoms. The quantitative estimate of drug-likeness (QED) is 0.659. The molecule has 2 aromatic carbocycles. The zero-order chi connectivity index (χ0) is 20.3. The lowest BCUT2D eigenvalue weighted by Gasteiger charge is -2.24. The number of rotatable bonds is 6. The Balaban J connectivity index is 1.75. The molecular formula is C20H19BrFN3O2S. The molecule has 1 atom stereocenters. The Labute approximate surface area is 176 Å². The fourth-order valence-electron chi connectivity index (χ4n) is 3.07. The van der Waals surface area contributed by atoms with Gasteiger partial charge in [0.2, 0.25) is 5.91 Å². The molecule has 0 bridgehead atoms. The van der Waals surface area contributed by atoms with Crippen LogP contribution in [0.1, 0.15) is 18.9 Å². The van der Waals surface area contributed by atoms with Crippen molar-refractivity contribution in [2.75, 3.05) is 11.9 Å². The highest BCUT2D eigenvalue weighted by molar-refractivity contribution is 9.10. The van der Waals surface area contributed by atoms with E-state index in [4.69, 9.17) is 12.2 Å². The molecule has 1 fully saturated rings. The summed E-state index contributed by atoms with van der Waals surface area (Å²) in [6, 6.07) is 12.5. The lowest BCUT2D eigenvalue weighted by molar-refractivity contribution is -0.130. The number of benzene rings is 2. The second-order valence-electron chi connectivity index (χ2n) is 6.39. The van der Waals surface area contributed by atoms with Gasteiger partial charge in [0.05, 0.1) is 6.42 Å². The summed E-state index contributed by atoms with van der Waals surface area (Å²) in [5, 5.41) is 3.19. The van der Waals surface area contributed by atoms with Gasteiger partial charge in [0.25, 0.3) is 5.91 Å². The minimum atomic E-state index is -0.687. The maximum absolute atomic E-state index is 13.2. The number of hydrogen-bond donors (Lipinski definition) is 1. The Kier molecular flexibility index (Phi) is 6.41. The van der Waals surface area contributed by atoms with E-state index in [2.05, 4.69) is 21.2 Å². The van der Waals surface area contributed by atoms with Crippen molar-refractivity contribution in [1.82, 2.24) is 9.80 Å². The number of carbonyl (C=O) groups is 2. The van der Waals surface area contributed by atoms with Gasteiger partial charge in [-0.3, -0.25) is 14.5 Å². The van der Waals surface area contributed by atoms with Crippen molar-refractivity contribution in [2.45, 2.75) is 25.9 Å². The predicted octanol–water partition coefficient (Wildman–Crippen LogP) is 3.93. The molecule has 0 aliphatic carbocycles. The molecule has 146 valence electrons. The molecule has 8 heteroatoms. The summed E-state index contributed by atoms with van der Waals surface area (Å²) >= 11 is 8.81. The van der Waals surface area contributed by atoms with Crippen LogP contribution in [0.15, 0.2) is 53.0 Å². The number of anilines is 1. The molecule has 3 rings (SSSR count). The molecule has 0 saturated carbocycles. The third kappa shape index (κ3) is 4.56. The van der Waals surface area contributed by atoms with Crippen LogP contribution in [0.5, 0.6) is 0 Å². The monoisotopic (exact) mass is 463 g/mol. The normalized spacial score (nSPS) is 16.6. The summed E-state index contributed by atoms with van der Waals surface area (Å²) in [6.45, 7) is 2.60. The highest BCUT2D eigenvalue weighted by Crippen LogP contribution is 2.24. The van der Waals surface area contributed by atoms with Crippen molar-refractivity contribution in [3.05, 3.63) is 64.4 Å². The van der Waals surface area contributed by atoms with Gasteiger partial charge < -0.3 is 10.2 Å². The Bertz CT molecular complexity index is 889. The second kappa shape index (κ2) is 8.79. The van der Waals surface area contributed by atoms with Crippen LogP contribution in [0.3, 0.4) is 0 Å². The van der Waals surface area contributed by atoms with E-state index in [1.807, 2.05) is 19.1 Å². The number of thiocarbonyl (C=S) groups is 1. The van der Waals surface area contributed by atoms with E-state index >= 15 is 0 Å². The Morgan fingerprint density at radius 2 is 1.82 bits per heavy atom. The molecule has 1 aliphatic heterocycles. The maximum atomic E-state index is 13.2. The molecule has 0 radical (unpaired) electrons. The van der Waals surface area contributed by atoms with Crippen LogP contribution in [0.2, 0.25) is 0 Å². The molecule has 1 saturated heterocycles. The average molecular weight is 464 g/mol. The van der Waals surface area contributed by atoms with Crippen LogP contribution in [0, 0.1) is 5.82 Å². The summed E-state index contributed by atoms with van der Waals surface area (Å²) in [7, 11) is 0. The van der Waals surface area contributed by atoms with E-state index in [0.29, 0.717) is 23.9 Å². The van der Waals surface area contributed by atoms with Crippen molar-refractivity contribution in [3.8, 4) is 0 Å². The largest absolute Gasteiger partial charge is 0.332 e.